The molecule has 0 aliphatic heterocycles. The molecule has 24 heavy (non-hydrogen) atoms. The Hall–Kier alpha value is -3.09. The van der Waals surface area contributed by atoms with Crippen LogP contribution in [0.3, 0.4) is 0 Å². The molecule has 7 nitrogen and oxygen atoms in total. The average molecular weight is 327 g/mol. The monoisotopic (exact) mass is 327 g/mol. The highest BCUT2D eigenvalue weighted by Crippen LogP contribution is 2.30. The molecule has 0 fully saturated rings. The summed E-state index contributed by atoms with van der Waals surface area (Å²) in [6.07, 6.45) is 1.79. The number of aromatic amines is 1. The minimum Gasteiger partial charge on any atom is -0.506 e. The number of ether oxygens (including phenoxy) is 2. The Kier molecular flexibility index (Phi) is 4.33. The number of rotatable bonds is 5. The number of hydrogen-bond donors (Lipinski definition) is 2. The van der Waals surface area contributed by atoms with Crippen molar-refractivity contribution in [2.24, 2.45) is 0 Å². The lowest BCUT2D eigenvalue weighted by molar-refractivity contribution is 0.0521. The van der Waals surface area contributed by atoms with Crippen LogP contribution in [-0.4, -0.2) is 40.0 Å². The fraction of sp³-hybridized carbons (Fsp3) is 0.235. The van der Waals surface area contributed by atoms with E-state index in [-0.39, 0.29) is 17.9 Å². The lowest BCUT2D eigenvalue weighted by Crippen LogP contribution is -2.11. The largest absolute Gasteiger partial charge is 0.506 e. The number of esters is 1. The van der Waals surface area contributed by atoms with E-state index in [0.29, 0.717) is 23.1 Å². The van der Waals surface area contributed by atoms with E-state index in [4.69, 9.17) is 9.47 Å². The number of aromatic nitrogens is 3. The van der Waals surface area contributed by atoms with E-state index in [1.165, 1.54) is 6.20 Å². The fourth-order valence-corrected chi connectivity index (χ4v) is 2.48. The van der Waals surface area contributed by atoms with Crippen molar-refractivity contribution < 1.29 is 19.4 Å². The first-order valence-corrected chi connectivity index (χ1v) is 7.49. The van der Waals surface area contributed by atoms with Crippen LogP contribution in [0.4, 0.5) is 0 Å². The number of pyridine rings is 1. The number of nitrogens with one attached hydrogen (secondary N) is 1. The molecule has 0 amide bonds. The number of nitrogens with zero attached hydrogens (tertiary/aromatic N) is 2. The maximum absolute atomic E-state index is 12.3. The van der Waals surface area contributed by atoms with E-state index in [0.717, 1.165) is 11.3 Å². The number of fused-ring (bicyclic) bond motifs is 1. The average Bonchev–Trinajstić information content (AvgIpc) is 3.04. The lowest BCUT2D eigenvalue weighted by Gasteiger charge is -2.11. The van der Waals surface area contributed by atoms with E-state index < -0.39 is 5.97 Å². The first-order valence-electron chi connectivity index (χ1n) is 7.49. The zero-order chi connectivity index (χ0) is 17.1. The molecule has 124 valence electrons. The number of carbonyl (C=O) groups excluding carboxylic acids is 1. The first-order chi connectivity index (χ1) is 11.6. The summed E-state index contributed by atoms with van der Waals surface area (Å²) < 4.78 is 10.2. The van der Waals surface area contributed by atoms with Gasteiger partial charge in [-0.1, -0.05) is 12.1 Å². The van der Waals surface area contributed by atoms with Crippen molar-refractivity contribution in [3.63, 3.8) is 0 Å². The summed E-state index contributed by atoms with van der Waals surface area (Å²) in [4.78, 5) is 16.7. The Morgan fingerprint density at radius 2 is 2.04 bits per heavy atom. The third kappa shape index (κ3) is 2.88. The second kappa shape index (κ2) is 6.57. The third-order valence-corrected chi connectivity index (χ3v) is 3.66. The zero-order valence-corrected chi connectivity index (χ0v) is 13.4. The highest BCUT2D eigenvalue weighted by molar-refractivity contribution is 6.00. The van der Waals surface area contributed by atoms with Gasteiger partial charge in [0, 0.05) is 6.42 Å². The molecular weight excluding hydrogens is 310 g/mol. The van der Waals surface area contributed by atoms with Gasteiger partial charge < -0.3 is 14.6 Å². The minimum atomic E-state index is -0.603. The normalized spacial score (nSPS) is 10.8. The van der Waals surface area contributed by atoms with Crippen molar-refractivity contribution in [2.75, 3.05) is 13.7 Å². The zero-order valence-electron chi connectivity index (χ0n) is 13.4. The maximum atomic E-state index is 12.3. The summed E-state index contributed by atoms with van der Waals surface area (Å²) in [5.74, 6) is -0.0333. The van der Waals surface area contributed by atoms with E-state index >= 15 is 0 Å². The molecule has 0 radical (unpaired) electrons. The van der Waals surface area contributed by atoms with Crippen molar-refractivity contribution in [1.29, 1.82) is 0 Å². The van der Waals surface area contributed by atoms with Gasteiger partial charge >= 0.3 is 5.97 Å². The molecule has 0 saturated carbocycles. The maximum Gasteiger partial charge on any atom is 0.343 e. The number of carbonyl (C=O) groups is 1. The van der Waals surface area contributed by atoms with Crippen LogP contribution in [0.5, 0.6) is 11.5 Å². The van der Waals surface area contributed by atoms with Gasteiger partial charge in [0.2, 0.25) is 0 Å². The molecule has 3 aromatic rings. The topological polar surface area (TPSA) is 97.3 Å². The van der Waals surface area contributed by atoms with Crippen LogP contribution in [0.2, 0.25) is 0 Å². The Balaban J connectivity index is 2.06. The molecule has 2 aromatic heterocycles. The van der Waals surface area contributed by atoms with Gasteiger partial charge in [0.15, 0.2) is 5.65 Å². The van der Waals surface area contributed by atoms with Crippen molar-refractivity contribution >= 4 is 17.0 Å². The molecule has 0 saturated heterocycles. The van der Waals surface area contributed by atoms with Gasteiger partial charge in [-0.25, -0.2) is 9.78 Å². The van der Waals surface area contributed by atoms with Gasteiger partial charge in [-0.05, 0) is 24.6 Å². The SMILES string of the molecule is CCOC(=O)c1c(Cc2ccc(OC)cc2)nc2[nH]ncc2c1O. The third-order valence-electron chi connectivity index (χ3n) is 3.66. The van der Waals surface area contributed by atoms with Gasteiger partial charge in [-0.3, -0.25) is 5.10 Å². The molecule has 1 aromatic carbocycles. The van der Waals surface area contributed by atoms with Gasteiger partial charge in [-0.15, -0.1) is 0 Å². The van der Waals surface area contributed by atoms with Gasteiger partial charge in [-0.2, -0.15) is 5.10 Å². The number of methoxy groups -OCH3 is 1. The Bertz CT molecular complexity index is 871. The molecule has 3 rings (SSSR count). The summed E-state index contributed by atoms with van der Waals surface area (Å²) in [6.45, 7) is 1.92. The molecule has 7 heteroatoms. The summed E-state index contributed by atoms with van der Waals surface area (Å²) in [5.41, 5.74) is 1.84. The second-order valence-electron chi connectivity index (χ2n) is 5.16. The van der Waals surface area contributed by atoms with Gasteiger partial charge in [0.05, 0.1) is 31.0 Å². The van der Waals surface area contributed by atoms with E-state index in [1.54, 1.807) is 14.0 Å². The van der Waals surface area contributed by atoms with Gasteiger partial charge in [0.25, 0.3) is 0 Å². The number of H-pyrrole nitrogens is 1. The Labute approximate surface area is 138 Å². The van der Waals surface area contributed by atoms with Crippen molar-refractivity contribution in [3.8, 4) is 11.5 Å². The van der Waals surface area contributed by atoms with E-state index in [9.17, 15) is 9.90 Å². The van der Waals surface area contributed by atoms with Gasteiger partial charge in [0.1, 0.15) is 17.1 Å². The fourth-order valence-electron chi connectivity index (χ4n) is 2.48. The minimum absolute atomic E-state index is 0.0709. The van der Waals surface area contributed by atoms with Crippen LogP contribution < -0.4 is 4.74 Å². The smallest absolute Gasteiger partial charge is 0.343 e. The van der Waals surface area contributed by atoms with Crippen LogP contribution in [-0.2, 0) is 11.2 Å². The van der Waals surface area contributed by atoms with E-state index in [1.807, 2.05) is 24.3 Å². The summed E-state index contributed by atoms with van der Waals surface area (Å²) in [6, 6.07) is 7.41. The Morgan fingerprint density at radius 3 is 2.71 bits per heavy atom. The summed E-state index contributed by atoms with van der Waals surface area (Å²) in [7, 11) is 1.60. The molecule has 0 aliphatic rings. The van der Waals surface area contributed by atoms with Crippen LogP contribution in [0, 0.1) is 0 Å². The highest BCUT2D eigenvalue weighted by Gasteiger charge is 2.23. The molecule has 0 spiro atoms. The molecule has 0 aliphatic carbocycles. The van der Waals surface area contributed by atoms with Crippen LogP contribution in [0.25, 0.3) is 11.0 Å². The van der Waals surface area contributed by atoms with Crippen molar-refractivity contribution in [3.05, 3.63) is 47.3 Å². The summed E-state index contributed by atoms with van der Waals surface area (Å²) >= 11 is 0. The van der Waals surface area contributed by atoms with E-state index in [2.05, 4.69) is 15.2 Å². The molecule has 0 unspecified atom stereocenters. The summed E-state index contributed by atoms with van der Waals surface area (Å²) in [5, 5.41) is 17.4. The predicted molar refractivity (Wildman–Crippen MR) is 87.3 cm³/mol. The molecule has 2 heterocycles. The van der Waals surface area contributed by atoms with Crippen molar-refractivity contribution in [2.45, 2.75) is 13.3 Å². The lowest BCUT2D eigenvalue weighted by atomic mass is 10.0. The number of hydrogen-bond acceptors (Lipinski definition) is 6. The van der Waals surface area contributed by atoms with Crippen LogP contribution in [0.1, 0.15) is 28.5 Å². The molecule has 0 bridgehead atoms. The number of benzene rings is 1. The predicted octanol–water partition coefficient (Wildman–Crippen LogP) is 2.44. The Morgan fingerprint density at radius 1 is 1.29 bits per heavy atom. The van der Waals surface area contributed by atoms with Crippen LogP contribution in [0.15, 0.2) is 30.5 Å². The molecular formula is C17H17N3O4. The first kappa shape index (κ1) is 15.8. The second-order valence-corrected chi connectivity index (χ2v) is 5.16. The molecule has 2 N–H and O–H groups in total. The standard InChI is InChI=1S/C17H17N3O4/c1-3-24-17(22)14-13(8-10-4-6-11(23-2)7-5-10)19-16-12(15(14)21)9-18-20-16/h4-7,9H,3,8H2,1-2H3,(H2,18,19,20,21). The number of aromatic hydroxyl groups is 1. The van der Waals surface area contributed by atoms with Crippen LogP contribution >= 0.6 is 0 Å². The molecule has 0 atom stereocenters. The quantitative estimate of drug-likeness (QED) is 0.699. The highest BCUT2D eigenvalue weighted by atomic mass is 16.5. The van der Waals surface area contributed by atoms with Crippen molar-refractivity contribution in [1.82, 2.24) is 15.2 Å².